The van der Waals surface area contributed by atoms with Crippen molar-refractivity contribution < 1.29 is 4.57 Å². The van der Waals surface area contributed by atoms with Crippen molar-refractivity contribution in [2.45, 2.75) is 0 Å². The molecular weight excluding hydrogens is 220 g/mol. The lowest BCUT2D eigenvalue weighted by molar-refractivity contribution is -0.617. The molecule has 2 nitrogen and oxygen atoms in total. The van der Waals surface area contributed by atoms with E-state index < -0.39 is 0 Å². The summed E-state index contributed by atoms with van der Waals surface area (Å²) in [5.41, 5.74) is 4.12. The summed E-state index contributed by atoms with van der Waals surface area (Å²) in [6, 6.07) is 13.8. The van der Waals surface area contributed by atoms with Crippen molar-refractivity contribution in [1.29, 1.82) is 0 Å². The Bertz CT molecular complexity index is 692. The third-order valence-electron chi connectivity index (χ3n) is 2.78. The molecule has 0 amide bonds. The molecule has 0 N–H and O–H groups in total. The molecule has 0 aliphatic heterocycles. The molecule has 0 atom stereocenters. The first-order chi connectivity index (χ1) is 7.75. The van der Waals surface area contributed by atoms with Crippen LogP contribution in [0.2, 0.25) is 5.02 Å². The van der Waals surface area contributed by atoms with Crippen molar-refractivity contribution in [2.24, 2.45) is 7.05 Å². The van der Waals surface area contributed by atoms with E-state index in [9.17, 15) is 0 Å². The molecular formula is C13H10ClN2+. The molecule has 78 valence electrons. The molecule has 0 saturated heterocycles. The van der Waals surface area contributed by atoms with Gasteiger partial charge in [0.25, 0.3) is 0 Å². The lowest BCUT2D eigenvalue weighted by Gasteiger charge is -2.00. The zero-order valence-electron chi connectivity index (χ0n) is 8.81. The predicted octanol–water partition coefficient (Wildman–Crippen LogP) is 2.87. The van der Waals surface area contributed by atoms with Crippen molar-refractivity contribution in [2.75, 3.05) is 0 Å². The van der Waals surface area contributed by atoms with Gasteiger partial charge in [-0.2, -0.15) is 4.57 Å². The number of halogens is 1. The Morgan fingerprint density at radius 2 is 1.75 bits per heavy atom. The molecule has 3 aromatic rings. The largest absolute Gasteiger partial charge is 0.235 e. The first-order valence-corrected chi connectivity index (χ1v) is 5.47. The molecule has 0 fully saturated rings. The molecule has 0 saturated carbocycles. The third-order valence-corrected chi connectivity index (χ3v) is 3.02. The number of para-hydroxylation sites is 2. The molecule has 16 heavy (non-hydrogen) atoms. The highest BCUT2D eigenvalue weighted by molar-refractivity contribution is 6.31. The lowest BCUT2D eigenvalue weighted by atomic mass is 10.2. The van der Waals surface area contributed by atoms with Crippen LogP contribution < -0.4 is 4.57 Å². The normalized spacial score (nSPS) is 11.1. The first-order valence-electron chi connectivity index (χ1n) is 5.10. The Morgan fingerprint density at radius 3 is 2.62 bits per heavy atom. The maximum Gasteiger partial charge on any atom is 0.232 e. The van der Waals surface area contributed by atoms with Crippen LogP contribution in [0.3, 0.4) is 0 Å². The van der Waals surface area contributed by atoms with Gasteiger partial charge in [0, 0.05) is 17.2 Å². The minimum atomic E-state index is 0.736. The molecule has 0 unspecified atom stereocenters. The Labute approximate surface area is 98.1 Å². The molecule has 0 aliphatic rings. The van der Waals surface area contributed by atoms with Crippen LogP contribution in [0.25, 0.3) is 22.1 Å². The van der Waals surface area contributed by atoms with Crippen molar-refractivity contribution in [3.63, 3.8) is 0 Å². The summed E-state index contributed by atoms with van der Waals surface area (Å²) in [7, 11) is 2.03. The maximum atomic E-state index is 6.00. The number of rotatable bonds is 0. The number of benzene rings is 2. The zero-order chi connectivity index (χ0) is 11.1. The average Bonchev–Trinajstić information content (AvgIpc) is 2.31. The minimum Gasteiger partial charge on any atom is -0.235 e. The van der Waals surface area contributed by atoms with Crippen LogP contribution >= 0.6 is 11.6 Å². The van der Waals surface area contributed by atoms with E-state index in [0.29, 0.717) is 0 Å². The van der Waals surface area contributed by atoms with E-state index >= 15 is 0 Å². The highest BCUT2D eigenvalue weighted by Gasteiger charge is 2.12. The van der Waals surface area contributed by atoms with Crippen molar-refractivity contribution in [1.82, 2.24) is 4.98 Å². The topological polar surface area (TPSA) is 16.8 Å². The van der Waals surface area contributed by atoms with Gasteiger partial charge in [-0.15, -0.1) is 0 Å². The summed E-state index contributed by atoms with van der Waals surface area (Å²) in [6.45, 7) is 0. The second-order valence-electron chi connectivity index (χ2n) is 3.79. The summed E-state index contributed by atoms with van der Waals surface area (Å²) in [5, 5.41) is 0.736. The number of hydrogen-bond donors (Lipinski definition) is 0. The van der Waals surface area contributed by atoms with Crippen LogP contribution in [0.1, 0.15) is 0 Å². The van der Waals surface area contributed by atoms with E-state index in [1.807, 2.05) is 43.4 Å². The fraction of sp³-hybridized carbons (Fsp3) is 0.0769. The van der Waals surface area contributed by atoms with Gasteiger partial charge in [0.05, 0.1) is 0 Å². The van der Waals surface area contributed by atoms with Crippen molar-refractivity contribution in [3.8, 4) is 0 Å². The fourth-order valence-corrected chi connectivity index (χ4v) is 2.13. The molecule has 1 heterocycles. The number of fused-ring (bicyclic) bond motifs is 2. The highest BCUT2D eigenvalue weighted by atomic mass is 35.5. The van der Waals surface area contributed by atoms with Gasteiger partial charge in [-0.1, -0.05) is 23.7 Å². The summed E-state index contributed by atoms with van der Waals surface area (Å²) < 4.78 is 2.11. The standard InChI is InChI=1S/C13H10ClN2/c1-16-12-5-3-2-4-10(12)15-11-7-6-9(14)8-13(11)16/h2-8H,1H3/q+1. The number of nitrogens with zero attached hydrogens (tertiary/aromatic N) is 2. The van der Waals surface area contributed by atoms with Crippen LogP contribution in [0.5, 0.6) is 0 Å². The zero-order valence-corrected chi connectivity index (χ0v) is 9.57. The number of aryl methyl sites for hydroxylation is 1. The monoisotopic (exact) mass is 229 g/mol. The third kappa shape index (κ3) is 1.34. The molecule has 2 aromatic carbocycles. The van der Waals surface area contributed by atoms with Gasteiger partial charge < -0.3 is 0 Å². The van der Waals surface area contributed by atoms with E-state index in [1.165, 1.54) is 0 Å². The van der Waals surface area contributed by atoms with Gasteiger partial charge in [0.2, 0.25) is 11.0 Å². The van der Waals surface area contributed by atoms with Gasteiger partial charge in [-0.3, -0.25) is 0 Å². The van der Waals surface area contributed by atoms with Crippen molar-refractivity contribution >= 4 is 33.7 Å². The quantitative estimate of drug-likeness (QED) is 0.428. The number of hydrogen-bond acceptors (Lipinski definition) is 1. The second-order valence-corrected chi connectivity index (χ2v) is 4.23. The van der Waals surface area contributed by atoms with Crippen molar-refractivity contribution in [3.05, 3.63) is 47.5 Å². The van der Waals surface area contributed by atoms with Gasteiger partial charge in [-0.05, 0) is 18.2 Å². The van der Waals surface area contributed by atoms with E-state index in [2.05, 4.69) is 15.6 Å². The smallest absolute Gasteiger partial charge is 0.232 e. The van der Waals surface area contributed by atoms with Crippen LogP contribution in [0, 0.1) is 0 Å². The molecule has 0 spiro atoms. The predicted molar refractivity (Wildman–Crippen MR) is 65.4 cm³/mol. The highest BCUT2D eigenvalue weighted by Crippen LogP contribution is 2.17. The molecule has 0 aliphatic carbocycles. The minimum absolute atomic E-state index is 0.736. The average molecular weight is 230 g/mol. The summed E-state index contributed by atoms with van der Waals surface area (Å²) in [5.74, 6) is 0. The molecule has 0 radical (unpaired) electrons. The van der Waals surface area contributed by atoms with Gasteiger partial charge >= 0.3 is 0 Å². The van der Waals surface area contributed by atoms with E-state index in [0.717, 1.165) is 27.1 Å². The van der Waals surface area contributed by atoms with Crippen LogP contribution in [0.15, 0.2) is 42.5 Å². The van der Waals surface area contributed by atoms with Gasteiger partial charge in [0.15, 0.2) is 0 Å². The molecule has 0 bridgehead atoms. The summed E-state index contributed by atoms with van der Waals surface area (Å²) in [6.07, 6.45) is 0. The second kappa shape index (κ2) is 3.42. The van der Waals surface area contributed by atoms with Crippen LogP contribution in [-0.2, 0) is 7.05 Å². The Kier molecular flexibility index (Phi) is 2.04. The lowest BCUT2D eigenvalue weighted by Crippen LogP contribution is -2.30. The summed E-state index contributed by atoms with van der Waals surface area (Å²) in [4.78, 5) is 4.60. The van der Waals surface area contributed by atoms with Crippen LogP contribution in [-0.4, -0.2) is 4.98 Å². The van der Waals surface area contributed by atoms with Gasteiger partial charge in [-0.25, -0.2) is 4.98 Å². The Morgan fingerprint density at radius 1 is 1.00 bits per heavy atom. The summed E-state index contributed by atoms with van der Waals surface area (Å²) >= 11 is 6.00. The first kappa shape index (κ1) is 9.55. The SMILES string of the molecule is C[n+]1c2ccccc2nc2ccc(Cl)cc21. The fourth-order valence-electron chi connectivity index (χ4n) is 1.96. The maximum absolute atomic E-state index is 6.00. The number of aromatic nitrogens is 2. The van der Waals surface area contributed by atoms with Gasteiger partial charge in [0.1, 0.15) is 18.1 Å². The molecule has 3 rings (SSSR count). The molecule has 1 aromatic heterocycles. The molecule has 3 heteroatoms. The van der Waals surface area contributed by atoms with E-state index in [4.69, 9.17) is 11.6 Å². The van der Waals surface area contributed by atoms with E-state index in [1.54, 1.807) is 0 Å². The van der Waals surface area contributed by atoms with Crippen LogP contribution in [0.4, 0.5) is 0 Å². The Balaban J connectivity index is 2.56. The Hall–Kier alpha value is -1.67. The van der Waals surface area contributed by atoms with E-state index in [-0.39, 0.29) is 0 Å².